The topological polar surface area (TPSA) is 87.7 Å². The second-order valence-electron chi connectivity index (χ2n) is 6.63. The number of hydrogen-bond acceptors (Lipinski definition) is 4. The van der Waals surface area contributed by atoms with E-state index in [1.807, 2.05) is 0 Å². The van der Waals surface area contributed by atoms with Crippen LogP contribution < -0.4 is 15.4 Å². The molecule has 2 heterocycles. The van der Waals surface area contributed by atoms with Gasteiger partial charge in [0.1, 0.15) is 5.82 Å². The molecular weight excluding hydrogens is 372 g/mol. The fourth-order valence-corrected chi connectivity index (χ4v) is 3.58. The molecule has 0 bridgehead atoms. The molecule has 7 nitrogen and oxygen atoms in total. The van der Waals surface area contributed by atoms with Gasteiger partial charge in [0, 0.05) is 12.1 Å². The third-order valence-electron chi connectivity index (χ3n) is 4.96. The van der Waals surface area contributed by atoms with Crippen LogP contribution in [0.2, 0.25) is 0 Å². The maximum atomic E-state index is 14.0. The fraction of sp³-hybridized carbons (Fsp3) is 0.211. The van der Waals surface area contributed by atoms with Crippen molar-refractivity contribution in [1.29, 1.82) is 0 Å². The predicted molar refractivity (Wildman–Crippen MR) is 92.4 cm³/mol. The number of nitrogens with zero attached hydrogens (tertiary/aromatic N) is 1. The van der Waals surface area contributed by atoms with Crippen LogP contribution in [-0.4, -0.2) is 36.4 Å². The van der Waals surface area contributed by atoms with Crippen LogP contribution in [0, 0.1) is 11.6 Å². The fourth-order valence-electron chi connectivity index (χ4n) is 3.58. The Morgan fingerprint density at radius 2 is 1.86 bits per heavy atom. The molecule has 1 saturated heterocycles. The number of nitrogens with one attached hydrogen (secondary N) is 2. The Hall–Kier alpha value is -3.49. The van der Waals surface area contributed by atoms with E-state index in [-0.39, 0.29) is 24.4 Å². The number of hydrogen-bond donors (Lipinski definition) is 2. The van der Waals surface area contributed by atoms with Crippen molar-refractivity contribution in [2.24, 2.45) is 0 Å². The van der Waals surface area contributed by atoms with E-state index in [2.05, 4.69) is 10.6 Å². The summed E-state index contributed by atoms with van der Waals surface area (Å²) in [5.74, 6) is -2.30. The largest absolute Gasteiger partial charge is 0.494 e. The molecule has 2 N–H and O–H groups in total. The number of fused-ring (bicyclic) bond motifs is 1. The number of amides is 4. The number of ether oxygens (including phenoxy) is 1. The SMILES string of the molecule is COc1cc2c(cc1F)C(=O)N(CC1(c3ccc(F)cc3)NC(=O)NC1=O)C2. The van der Waals surface area contributed by atoms with Gasteiger partial charge in [-0.15, -0.1) is 0 Å². The highest BCUT2D eigenvalue weighted by Gasteiger charge is 2.50. The van der Waals surface area contributed by atoms with Gasteiger partial charge in [-0.3, -0.25) is 14.9 Å². The van der Waals surface area contributed by atoms with Gasteiger partial charge in [-0.1, -0.05) is 12.1 Å². The van der Waals surface area contributed by atoms with Crippen molar-refractivity contribution in [3.05, 3.63) is 64.7 Å². The molecule has 2 aromatic carbocycles. The Labute approximate surface area is 158 Å². The Balaban J connectivity index is 1.71. The van der Waals surface area contributed by atoms with E-state index in [1.165, 1.54) is 30.2 Å². The zero-order valence-corrected chi connectivity index (χ0v) is 14.7. The number of rotatable bonds is 4. The molecule has 1 atom stereocenters. The molecule has 0 aliphatic carbocycles. The number of carbonyl (C=O) groups is 3. The second-order valence-corrected chi connectivity index (χ2v) is 6.63. The van der Waals surface area contributed by atoms with Crippen molar-refractivity contribution in [3.63, 3.8) is 0 Å². The van der Waals surface area contributed by atoms with Gasteiger partial charge >= 0.3 is 6.03 Å². The normalized spacial score (nSPS) is 20.8. The molecule has 1 unspecified atom stereocenters. The monoisotopic (exact) mass is 387 g/mol. The van der Waals surface area contributed by atoms with Crippen molar-refractivity contribution in [3.8, 4) is 5.75 Å². The van der Waals surface area contributed by atoms with Crippen LogP contribution in [0.3, 0.4) is 0 Å². The van der Waals surface area contributed by atoms with Crippen LogP contribution in [0.1, 0.15) is 21.5 Å². The van der Waals surface area contributed by atoms with Crippen LogP contribution in [0.4, 0.5) is 13.6 Å². The standard InChI is InChI=1S/C19H15F2N3O4/c1-28-15-6-10-8-24(16(25)13(10)7-14(15)21)9-19(17(26)22-18(27)23-19)11-2-4-12(20)5-3-11/h2-7H,8-9H2,1H3,(H2,22,23,26,27). The van der Waals surface area contributed by atoms with Crippen LogP contribution in [0.5, 0.6) is 5.75 Å². The van der Waals surface area contributed by atoms with Crippen molar-refractivity contribution < 1.29 is 27.9 Å². The van der Waals surface area contributed by atoms with E-state index in [0.29, 0.717) is 11.1 Å². The van der Waals surface area contributed by atoms with Crippen molar-refractivity contribution in [2.45, 2.75) is 12.1 Å². The lowest BCUT2D eigenvalue weighted by Gasteiger charge is -2.31. The number of imide groups is 1. The van der Waals surface area contributed by atoms with E-state index in [1.54, 1.807) is 0 Å². The number of benzene rings is 2. The molecule has 0 spiro atoms. The Morgan fingerprint density at radius 3 is 2.46 bits per heavy atom. The zero-order valence-electron chi connectivity index (χ0n) is 14.7. The summed E-state index contributed by atoms with van der Waals surface area (Å²) in [7, 11) is 1.32. The summed E-state index contributed by atoms with van der Waals surface area (Å²) < 4.78 is 32.3. The number of urea groups is 1. The number of methoxy groups -OCH3 is 1. The molecule has 4 amide bonds. The minimum atomic E-state index is -1.58. The highest BCUT2D eigenvalue weighted by Crippen LogP contribution is 2.33. The molecule has 0 radical (unpaired) electrons. The van der Waals surface area contributed by atoms with Gasteiger partial charge in [0.05, 0.1) is 13.7 Å². The molecule has 1 fully saturated rings. The van der Waals surface area contributed by atoms with Crippen LogP contribution in [0.15, 0.2) is 36.4 Å². The highest BCUT2D eigenvalue weighted by atomic mass is 19.1. The van der Waals surface area contributed by atoms with E-state index < -0.39 is 35.0 Å². The number of halogens is 2. The molecule has 2 aromatic rings. The molecule has 2 aliphatic heterocycles. The smallest absolute Gasteiger partial charge is 0.322 e. The summed E-state index contributed by atoms with van der Waals surface area (Å²) in [6.45, 7) is -0.0927. The van der Waals surface area contributed by atoms with Crippen LogP contribution >= 0.6 is 0 Å². The minimum Gasteiger partial charge on any atom is -0.494 e. The lowest BCUT2D eigenvalue weighted by atomic mass is 9.89. The maximum Gasteiger partial charge on any atom is 0.322 e. The average molecular weight is 387 g/mol. The molecule has 0 saturated carbocycles. The lowest BCUT2D eigenvalue weighted by Crippen LogP contribution is -2.52. The highest BCUT2D eigenvalue weighted by molar-refractivity contribution is 6.08. The van der Waals surface area contributed by atoms with Gasteiger partial charge in [0.2, 0.25) is 0 Å². The maximum absolute atomic E-state index is 14.0. The molecular formula is C19H15F2N3O4. The van der Waals surface area contributed by atoms with Crippen molar-refractivity contribution in [2.75, 3.05) is 13.7 Å². The molecule has 4 rings (SSSR count). The van der Waals surface area contributed by atoms with E-state index in [4.69, 9.17) is 4.74 Å². The molecule has 9 heteroatoms. The first kappa shape index (κ1) is 17.9. The van der Waals surface area contributed by atoms with Gasteiger partial charge in [0.25, 0.3) is 11.8 Å². The van der Waals surface area contributed by atoms with Gasteiger partial charge < -0.3 is 15.0 Å². The molecule has 0 aromatic heterocycles. The summed E-state index contributed by atoms with van der Waals surface area (Å²) in [5, 5.41) is 4.70. The second kappa shape index (κ2) is 6.29. The summed E-state index contributed by atoms with van der Waals surface area (Å²) in [5.41, 5.74) is -0.547. The Bertz CT molecular complexity index is 1010. The first-order valence-electron chi connectivity index (χ1n) is 8.39. The average Bonchev–Trinajstić information content (AvgIpc) is 3.11. The summed E-state index contributed by atoms with van der Waals surface area (Å²) in [6, 6.07) is 6.87. The first-order valence-corrected chi connectivity index (χ1v) is 8.39. The van der Waals surface area contributed by atoms with Gasteiger partial charge in [-0.2, -0.15) is 0 Å². The molecule has 2 aliphatic rings. The van der Waals surface area contributed by atoms with Crippen molar-refractivity contribution in [1.82, 2.24) is 15.5 Å². The first-order chi connectivity index (χ1) is 13.3. The summed E-state index contributed by atoms with van der Waals surface area (Å²) in [6.07, 6.45) is 0. The zero-order chi connectivity index (χ0) is 20.1. The predicted octanol–water partition coefficient (Wildman–Crippen LogP) is 1.66. The van der Waals surface area contributed by atoms with Gasteiger partial charge in [0.15, 0.2) is 17.1 Å². The minimum absolute atomic E-state index is 0.00793. The van der Waals surface area contributed by atoms with E-state index in [0.717, 1.165) is 18.2 Å². The third kappa shape index (κ3) is 2.67. The van der Waals surface area contributed by atoms with Crippen LogP contribution in [0.25, 0.3) is 0 Å². The lowest BCUT2D eigenvalue weighted by molar-refractivity contribution is -0.124. The quantitative estimate of drug-likeness (QED) is 0.782. The summed E-state index contributed by atoms with van der Waals surface area (Å²) >= 11 is 0. The number of carbonyl (C=O) groups excluding carboxylic acids is 3. The van der Waals surface area contributed by atoms with E-state index in [9.17, 15) is 23.2 Å². The van der Waals surface area contributed by atoms with Gasteiger partial charge in [-0.25, -0.2) is 13.6 Å². The Morgan fingerprint density at radius 1 is 1.14 bits per heavy atom. The van der Waals surface area contributed by atoms with Crippen molar-refractivity contribution >= 4 is 17.8 Å². The van der Waals surface area contributed by atoms with Crippen LogP contribution in [-0.2, 0) is 16.9 Å². The van der Waals surface area contributed by atoms with E-state index >= 15 is 0 Å². The molecule has 144 valence electrons. The summed E-state index contributed by atoms with van der Waals surface area (Å²) in [4.78, 5) is 38.5. The third-order valence-corrected chi connectivity index (χ3v) is 4.96. The van der Waals surface area contributed by atoms with Gasteiger partial charge in [-0.05, 0) is 35.4 Å². The Kier molecular flexibility index (Phi) is 4.02. The molecule has 28 heavy (non-hydrogen) atoms.